The van der Waals surface area contributed by atoms with Gasteiger partial charge in [-0.25, -0.2) is 9.98 Å². The lowest BCUT2D eigenvalue weighted by atomic mass is 10.1. The predicted molar refractivity (Wildman–Crippen MR) is 162 cm³/mol. The zero-order valence-corrected chi connectivity index (χ0v) is 22.9. The molecule has 3 rings (SSSR count). The summed E-state index contributed by atoms with van der Waals surface area (Å²) >= 11 is 0. The quantitative estimate of drug-likeness (QED) is 0.259. The molecule has 8 nitrogen and oxygen atoms in total. The van der Waals surface area contributed by atoms with E-state index in [0.29, 0.717) is 34.7 Å². The van der Waals surface area contributed by atoms with Gasteiger partial charge in [-0.3, -0.25) is 9.98 Å². The lowest BCUT2D eigenvalue weighted by molar-refractivity contribution is 1.38. The van der Waals surface area contributed by atoms with E-state index in [4.69, 9.17) is 22.9 Å². The Balaban J connectivity index is 0. The Labute approximate surface area is 235 Å². The molecule has 8 N–H and O–H groups in total. The smallest absolute Gasteiger partial charge is 0.131 e. The molecule has 0 aliphatic heterocycles. The highest BCUT2D eigenvalue weighted by Gasteiger charge is 2.05. The van der Waals surface area contributed by atoms with Crippen molar-refractivity contribution in [1.29, 1.82) is 0 Å². The highest BCUT2D eigenvalue weighted by atomic mass is 35.5. The van der Waals surface area contributed by atoms with Gasteiger partial charge < -0.3 is 22.9 Å². The highest BCUT2D eigenvalue weighted by Crippen LogP contribution is 2.17. The van der Waals surface area contributed by atoms with Crippen LogP contribution in [0.1, 0.15) is 22.3 Å². The van der Waals surface area contributed by atoms with Gasteiger partial charge in [-0.15, -0.1) is 49.6 Å². The van der Waals surface area contributed by atoms with Gasteiger partial charge in [-0.05, 0) is 54.6 Å². The molecule has 12 heteroatoms. The second-order valence-electron chi connectivity index (χ2n) is 6.89. The number of hydrogen-bond donors (Lipinski definition) is 4. The number of rotatable bonds is 6. The first-order valence-electron chi connectivity index (χ1n) is 9.85. The normalized spacial score (nSPS) is 11.8. The van der Waals surface area contributed by atoms with E-state index in [-0.39, 0.29) is 49.6 Å². The third kappa shape index (κ3) is 9.05. The molecule has 0 unspecified atom stereocenters. The Hall–Kier alpha value is -3.30. The summed E-state index contributed by atoms with van der Waals surface area (Å²) in [5, 5.41) is 0. The van der Waals surface area contributed by atoms with Crippen LogP contribution in [0, 0.1) is 0 Å². The largest absolute Gasteiger partial charge is 0.384 e. The van der Waals surface area contributed by atoms with Gasteiger partial charge in [0.15, 0.2) is 0 Å². The van der Waals surface area contributed by atoms with Crippen LogP contribution in [0.5, 0.6) is 0 Å². The average molecular weight is 572 g/mol. The minimum atomic E-state index is 0. The topological polar surface area (TPSA) is 154 Å². The third-order valence-corrected chi connectivity index (χ3v) is 4.76. The average Bonchev–Trinajstić information content (AvgIpc) is 2.84. The summed E-state index contributed by atoms with van der Waals surface area (Å²) in [4.78, 5) is 16.9. The maximum Gasteiger partial charge on any atom is 0.131 e. The summed E-state index contributed by atoms with van der Waals surface area (Å²) < 4.78 is 0. The first kappa shape index (κ1) is 34.9. The Morgan fingerprint density at radius 3 is 1.11 bits per heavy atom. The van der Waals surface area contributed by atoms with Gasteiger partial charge in [-0.2, -0.15) is 0 Å². The van der Waals surface area contributed by atoms with E-state index >= 15 is 0 Å². The second-order valence-corrected chi connectivity index (χ2v) is 6.89. The van der Waals surface area contributed by atoms with Crippen molar-refractivity contribution in [2.75, 3.05) is 14.1 Å². The molecule has 0 radical (unpaired) electrons. The van der Waals surface area contributed by atoms with Gasteiger partial charge in [0.05, 0.1) is 11.4 Å². The molecule has 0 heterocycles. The van der Waals surface area contributed by atoms with E-state index in [2.05, 4.69) is 20.0 Å². The van der Waals surface area contributed by atoms with Crippen LogP contribution in [-0.2, 0) is 0 Å². The molecule has 36 heavy (non-hydrogen) atoms. The zero-order valence-electron chi connectivity index (χ0n) is 19.7. The SMILES string of the molecule is CN=C(N)c1ccc(N=C(N)c2cccc(C(N)=Nc3ccc(C(N)=NC)cc3)c2)cc1.Cl.Cl.Cl.Cl. The summed E-state index contributed by atoms with van der Waals surface area (Å²) in [7, 11) is 3.29. The molecule has 0 aromatic heterocycles. The predicted octanol–water partition coefficient (Wildman–Crippen LogP) is 4.12. The molecule has 0 aliphatic rings. The van der Waals surface area contributed by atoms with Crippen LogP contribution in [0.3, 0.4) is 0 Å². The first-order valence-corrected chi connectivity index (χ1v) is 9.85. The van der Waals surface area contributed by atoms with Gasteiger partial charge >= 0.3 is 0 Å². The number of amidine groups is 4. The van der Waals surface area contributed by atoms with E-state index < -0.39 is 0 Å². The van der Waals surface area contributed by atoms with E-state index in [1.165, 1.54) is 0 Å². The van der Waals surface area contributed by atoms with Crippen LogP contribution in [0.25, 0.3) is 0 Å². The number of aliphatic imine (C=N–C) groups is 4. The number of nitrogens with zero attached hydrogens (tertiary/aromatic N) is 4. The molecule has 3 aromatic carbocycles. The molecule has 0 bridgehead atoms. The van der Waals surface area contributed by atoms with Crippen LogP contribution in [0.2, 0.25) is 0 Å². The maximum absolute atomic E-state index is 6.23. The molecule has 0 fully saturated rings. The Morgan fingerprint density at radius 1 is 0.472 bits per heavy atom. The fraction of sp³-hybridized carbons (Fsp3) is 0.0833. The highest BCUT2D eigenvalue weighted by molar-refractivity contribution is 6.04. The van der Waals surface area contributed by atoms with Crippen molar-refractivity contribution < 1.29 is 0 Å². The molecule has 3 aromatic rings. The molecule has 0 aliphatic carbocycles. The molecule has 0 saturated carbocycles. The molecule has 0 atom stereocenters. The summed E-state index contributed by atoms with van der Waals surface area (Å²) in [6.07, 6.45) is 0. The van der Waals surface area contributed by atoms with Gasteiger partial charge in [0.1, 0.15) is 23.3 Å². The van der Waals surface area contributed by atoms with Gasteiger partial charge in [-0.1, -0.05) is 18.2 Å². The number of benzene rings is 3. The molecule has 0 amide bonds. The van der Waals surface area contributed by atoms with Crippen molar-refractivity contribution in [3.8, 4) is 0 Å². The summed E-state index contributed by atoms with van der Waals surface area (Å²) in [6, 6.07) is 22.2. The Kier molecular flexibility index (Phi) is 15.9. The lowest BCUT2D eigenvalue weighted by Gasteiger charge is -2.06. The molecular formula is C24H30Cl4N8. The standard InChI is InChI=1S/C24H26N8.4ClH/c1-29-21(25)15-6-10-19(11-7-15)31-23(27)17-4-3-5-18(14-17)24(28)32-20-12-8-16(9-13-20)22(26)30-2;;;;/h3-14H,1-2H3,(H2,25,29)(H2,26,30)(H2,27,31)(H2,28,32);4*1H. The van der Waals surface area contributed by atoms with Crippen LogP contribution in [0.4, 0.5) is 11.4 Å². The van der Waals surface area contributed by atoms with Crippen LogP contribution in [-0.4, -0.2) is 37.4 Å². The summed E-state index contributed by atoms with van der Waals surface area (Å²) in [5.74, 6) is 1.66. The monoisotopic (exact) mass is 570 g/mol. The summed E-state index contributed by atoms with van der Waals surface area (Å²) in [6.45, 7) is 0. The third-order valence-electron chi connectivity index (χ3n) is 4.76. The molecule has 0 saturated heterocycles. The van der Waals surface area contributed by atoms with Crippen LogP contribution >= 0.6 is 49.6 Å². The molecular weight excluding hydrogens is 542 g/mol. The second kappa shape index (κ2) is 16.4. The van der Waals surface area contributed by atoms with E-state index in [9.17, 15) is 0 Å². The van der Waals surface area contributed by atoms with Gasteiger partial charge in [0.2, 0.25) is 0 Å². The first-order chi connectivity index (χ1) is 15.4. The number of halogens is 4. The zero-order chi connectivity index (χ0) is 23.1. The van der Waals surface area contributed by atoms with Gasteiger partial charge in [0, 0.05) is 36.3 Å². The fourth-order valence-corrected chi connectivity index (χ4v) is 2.92. The van der Waals surface area contributed by atoms with Crippen molar-refractivity contribution in [3.63, 3.8) is 0 Å². The number of hydrogen-bond acceptors (Lipinski definition) is 4. The minimum absolute atomic E-state index is 0. The van der Waals surface area contributed by atoms with Crippen LogP contribution in [0.15, 0.2) is 92.8 Å². The Bertz CT molecular complexity index is 1130. The fourth-order valence-electron chi connectivity index (χ4n) is 2.92. The Morgan fingerprint density at radius 2 is 0.806 bits per heavy atom. The van der Waals surface area contributed by atoms with Crippen molar-refractivity contribution >= 4 is 84.3 Å². The van der Waals surface area contributed by atoms with E-state index in [0.717, 1.165) is 22.3 Å². The molecule has 0 spiro atoms. The molecule has 194 valence electrons. The van der Waals surface area contributed by atoms with E-state index in [1.807, 2.05) is 72.8 Å². The maximum atomic E-state index is 6.23. The summed E-state index contributed by atoms with van der Waals surface area (Å²) in [5.41, 5.74) is 28.6. The van der Waals surface area contributed by atoms with Crippen LogP contribution < -0.4 is 22.9 Å². The van der Waals surface area contributed by atoms with Gasteiger partial charge in [0.25, 0.3) is 0 Å². The van der Waals surface area contributed by atoms with E-state index in [1.54, 1.807) is 14.1 Å². The van der Waals surface area contributed by atoms with Crippen molar-refractivity contribution in [1.82, 2.24) is 0 Å². The number of nitrogens with two attached hydrogens (primary N) is 4. The minimum Gasteiger partial charge on any atom is -0.384 e. The van der Waals surface area contributed by atoms with Crippen molar-refractivity contribution in [3.05, 3.63) is 95.1 Å². The van der Waals surface area contributed by atoms with Crippen molar-refractivity contribution in [2.24, 2.45) is 42.9 Å². The lowest BCUT2D eigenvalue weighted by Crippen LogP contribution is -2.17. The van der Waals surface area contributed by atoms with Crippen molar-refractivity contribution in [2.45, 2.75) is 0 Å².